The van der Waals surface area contributed by atoms with Gasteiger partial charge in [0.2, 0.25) is 5.69 Å². The molecule has 0 radical (unpaired) electrons. The molecule has 2 aliphatic rings. The Labute approximate surface area is 151 Å². The zero-order valence-electron chi connectivity index (χ0n) is 16.3. The molecule has 0 aromatic heterocycles. The SMILES string of the molecule is CN1c2ccccc2C(C)(C)C1CC1=[N+](C)c2ccccc2C1(C)C. The Bertz CT molecular complexity index is 873. The molecule has 2 aromatic rings. The number of anilines is 1. The summed E-state index contributed by atoms with van der Waals surface area (Å²) in [6.45, 7) is 9.55. The summed E-state index contributed by atoms with van der Waals surface area (Å²) in [5.41, 5.74) is 7.41. The van der Waals surface area contributed by atoms with Crippen molar-refractivity contribution < 1.29 is 4.58 Å². The smallest absolute Gasteiger partial charge is 0.209 e. The molecule has 4 rings (SSSR count). The van der Waals surface area contributed by atoms with Crippen LogP contribution in [0.2, 0.25) is 0 Å². The number of benzene rings is 2. The Morgan fingerprint density at radius 2 is 1.52 bits per heavy atom. The maximum absolute atomic E-state index is 2.50. The summed E-state index contributed by atoms with van der Waals surface area (Å²) in [4.78, 5) is 2.50. The molecule has 0 bridgehead atoms. The summed E-state index contributed by atoms with van der Waals surface area (Å²) in [7, 11) is 4.49. The Kier molecular flexibility index (Phi) is 3.41. The van der Waals surface area contributed by atoms with E-state index >= 15 is 0 Å². The highest BCUT2D eigenvalue weighted by atomic mass is 15.2. The summed E-state index contributed by atoms with van der Waals surface area (Å²) in [5.74, 6) is 0. The minimum atomic E-state index is 0.0804. The molecule has 0 saturated heterocycles. The largest absolute Gasteiger partial charge is 0.370 e. The van der Waals surface area contributed by atoms with Crippen LogP contribution in [-0.4, -0.2) is 30.4 Å². The third kappa shape index (κ3) is 2.13. The molecule has 0 amide bonds. The van der Waals surface area contributed by atoms with E-state index in [0.29, 0.717) is 6.04 Å². The molecule has 0 fully saturated rings. The van der Waals surface area contributed by atoms with Crippen molar-refractivity contribution in [2.24, 2.45) is 0 Å². The fraction of sp³-hybridized carbons (Fsp3) is 0.435. The highest BCUT2D eigenvalue weighted by molar-refractivity contribution is 5.96. The molecule has 0 aliphatic carbocycles. The van der Waals surface area contributed by atoms with Gasteiger partial charge in [-0.2, -0.15) is 0 Å². The molecule has 1 atom stereocenters. The van der Waals surface area contributed by atoms with Crippen molar-refractivity contribution in [1.29, 1.82) is 0 Å². The molecule has 2 aliphatic heterocycles. The van der Waals surface area contributed by atoms with Crippen molar-refractivity contribution in [3.8, 4) is 0 Å². The molecule has 1 unspecified atom stereocenters. The Morgan fingerprint density at radius 1 is 0.920 bits per heavy atom. The molecular weight excluding hydrogens is 304 g/mol. The Morgan fingerprint density at radius 3 is 2.16 bits per heavy atom. The van der Waals surface area contributed by atoms with Crippen LogP contribution in [0.15, 0.2) is 48.5 Å². The monoisotopic (exact) mass is 333 g/mol. The Hall–Kier alpha value is -2.09. The van der Waals surface area contributed by atoms with Crippen molar-refractivity contribution in [3.05, 3.63) is 59.7 Å². The van der Waals surface area contributed by atoms with Crippen molar-refractivity contribution in [1.82, 2.24) is 0 Å². The fourth-order valence-corrected chi connectivity index (χ4v) is 5.14. The van der Waals surface area contributed by atoms with Crippen LogP contribution in [0.3, 0.4) is 0 Å². The maximum Gasteiger partial charge on any atom is 0.209 e. The van der Waals surface area contributed by atoms with E-state index in [1.54, 1.807) is 0 Å². The first-order valence-electron chi connectivity index (χ1n) is 9.28. The number of para-hydroxylation sites is 2. The van der Waals surface area contributed by atoms with Crippen LogP contribution in [-0.2, 0) is 10.8 Å². The van der Waals surface area contributed by atoms with E-state index in [-0.39, 0.29) is 10.8 Å². The van der Waals surface area contributed by atoms with Crippen LogP contribution in [0.4, 0.5) is 11.4 Å². The lowest BCUT2D eigenvalue weighted by Gasteiger charge is -2.33. The van der Waals surface area contributed by atoms with Gasteiger partial charge in [-0.1, -0.05) is 50.2 Å². The molecule has 2 nitrogen and oxygen atoms in total. The van der Waals surface area contributed by atoms with Crippen LogP contribution in [0.25, 0.3) is 0 Å². The second-order valence-corrected chi connectivity index (χ2v) is 8.72. The number of hydrogen-bond acceptors (Lipinski definition) is 1. The molecule has 25 heavy (non-hydrogen) atoms. The van der Waals surface area contributed by atoms with Gasteiger partial charge in [0.15, 0.2) is 5.71 Å². The van der Waals surface area contributed by atoms with E-state index in [2.05, 4.69) is 99.8 Å². The summed E-state index contributed by atoms with van der Waals surface area (Å²) in [6.07, 6.45) is 1.08. The number of hydrogen-bond donors (Lipinski definition) is 0. The van der Waals surface area contributed by atoms with E-state index in [1.165, 1.54) is 28.2 Å². The van der Waals surface area contributed by atoms with E-state index in [4.69, 9.17) is 0 Å². The summed E-state index contributed by atoms with van der Waals surface area (Å²) in [5, 5.41) is 0. The fourth-order valence-electron chi connectivity index (χ4n) is 5.14. The number of rotatable bonds is 2. The third-order valence-electron chi connectivity index (χ3n) is 6.73. The van der Waals surface area contributed by atoms with E-state index < -0.39 is 0 Å². The Balaban J connectivity index is 1.76. The maximum atomic E-state index is 2.50. The van der Waals surface area contributed by atoms with Crippen LogP contribution in [0.5, 0.6) is 0 Å². The highest BCUT2D eigenvalue weighted by Gasteiger charge is 2.50. The topological polar surface area (TPSA) is 6.25 Å². The first kappa shape index (κ1) is 16.4. The lowest BCUT2D eigenvalue weighted by molar-refractivity contribution is -0.404. The van der Waals surface area contributed by atoms with Crippen LogP contribution in [0.1, 0.15) is 45.2 Å². The highest BCUT2D eigenvalue weighted by Crippen LogP contribution is 2.48. The molecule has 130 valence electrons. The molecule has 0 N–H and O–H groups in total. The van der Waals surface area contributed by atoms with Gasteiger partial charge in [-0.25, -0.2) is 4.58 Å². The average molecular weight is 333 g/mol. The number of likely N-dealkylation sites (N-methyl/N-ethyl adjacent to an activating group) is 1. The zero-order chi connectivity index (χ0) is 18.0. The molecular formula is C23H29N2+. The van der Waals surface area contributed by atoms with E-state index in [9.17, 15) is 0 Å². The molecule has 0 spiro atoms. The van der Waals surface area contributed by atoms with Gasteiger partial charge in [0, 0.05) is 35.8 Å². The van der Waals surface area contributed by atoms with E-state index in [1.807, 2.05) is 0 Å². The molecule has 2 heteroatoms. The molecule has 0 saturated carbocycles. The minimum absolute atomic E-state index is 0.0804. The number of fused-ring (bicyclic) bond motifs is 2. The van der Waals surface area contributed by atoms with Crippen LogP contribution < -0.4 is 4.90 Å². The third-order valence-corrected chi connectivity index (χ3v) is 6.73. The average Bonchev–Trinajstić information content (AvgIpc) is 2.90. The van der Waals surface area contributed by atoms with Crippen molar-refractivity contribution >= 4 is 17.1 Å². The van der Waals surface area contributed by atoms with Gasteiger partial charge in [-0.15, -0.1) is 0 Å². The van der Waals surface area contributed by atoms with E-state index in [0.717, 1.165) is 6.42 Å². The van der Waals surface area contributed by atoms with Crippen LogP contribution >= 0.6 is 0 Å². The van der Waals surface area contributed by atoms with Crippen LogP contribution in [0, 0.1) is 0 Å². The number of nitrogens with zero attached hydrogens (tertiary/aromatic N) is 2. The minimum Gasteiger partial charge on any atom is -0.370 e. The zero-order valence-corrected chi connectivity index (χ0v) is 16.3. The van der Waals surface area contributed by atoms with Gasteiger partial charge in [-0.3, -0.25) is 0 Å². The molecule has 2 heterocycles. The lowest BCUT2D eigenvalue weighted by atomic mass is 9.74. The van der Waals surface area contributed by atoms with Gasteiger partial charge >= 0.3 is 0 Å². The summed E-state index contributed by atoms with van der Waals surface area (Å²) < 4.78 is 2.43. The molecule has 2 aromatic carbocycles. The first-order valence-corrected chi connectivity index (χ1v) is 9.28. The standard InChI is InChI=1S/C23H29N2/c1-22(2)16-11-7-9-13-18(16)24(5)20(22)15-21-23(3,4)17-12-8-10-14-19(17)25(21)6/h7-14,20H,15H2,1-6H3/q+1. The lowest BCUT2D eigenvalue weighted by Crippen LogP contribution is -2.44. The second kappa shape index (κ2) is 5.20. The second-order valence-electron chi connectivity index (χ2n) is 8.72. The van der Waals surface area contributed by atoms with Gasteiger partial charge < -0.3 is 4.90 Å². The van der Waals surface area contributed by atoms with Gasteiger partial charge in [0.1, 0.15) is 7.05 Å². The van der Waals surface area contributed by atoms with Gasteiger partial charge in [0.05, 0.1) is 11.8 Å². The first-order chi connectivity index (χ1) is 11.8. The normalized spacial score (nSPS) is 23.0. The summed E-state index contributed by atoms with van der Waals surface area (Å²) >= 11 is 0. The predicted molar refractivity (Wildman–Crippen MR) is 107 cm³/mol. The van der Waals surface area contributed by atoms with Crippen molar-refractivity contribution in [2.45, 2.75) is 51.0 Å². The van der Waals surface area contributed by atoms with Gasteiger partial charge in [-0.05, 0) is 25.5 Å². The van der Waals surface area contributed by atoms with Crippen molar-refractivity contribution in [2.75, 3.05) is 19.0 Å². The van der Waals surface area contributed by atoms with Crippen molar-refractivity contribution in [3.63, 3.8) is 0 Å². The van der Waals surface area contributed by atoms with Gasteiger partial charge in [0.25, 0.3) is 0 Å². The summed E-state index contributed by atoms with van der Waals surface area (Å²) in [6, 6.07) is 18.2. The quantitative estimate of drug-likeness (QED) is 0.710. The predicted octanol–water partition coefficient (Wildman–Crippen LogP) is 4.88.